The lowest BCUT2D eigenvalue weighted by molar-refractivity contribution is -0.117. The van der Waals surface area contributed by atoms with E-state index < -0.39 is 0 Å². The minimum absolute atomic E-state index is 0.477. The minimum atomic E-state index is 0.477. The van der Waals surface area contributed by atoms with Gasteiger partial charge in [0.05, 0.1) is 22.1 Å². The van der Waals surface area contributed by atoms with Crippen molar-refractivity contribution in [3.63, 3.8) is 0 Å². The lowest BCUT2D eigenvalue weighted by Gasteiger charge is -2.61. The first-order valence-corrected chi connectivity index (χ1v) is 29.7. The molecule has 3 aromatic heterocycles. The molecule has 0 aliphatic heterocycles. The molecule has 14 rings (SSSR count). The average Bonchev–Trinajstić information content (AvgIpc) is 4.34. The van der Waals surface area contributed by atoms with E-state index in [0.29, 0.717) is 34.3 Å². The Morgan fingerprint density at radius 2 is 1.04 bits per heavy atom. The number of nitrogens with zero attached hydrogens (tertiary/aromatic N) is 5. The summed E-state index contributed by atoms with van der Waals surface area (Å²) >= 11 is 0. The van der Waals surface area contributed by atoms with Gasteiger partial charge in [-0.3, -0.25) is 4.57 Å². The number of para-hydroxylation sites is 3. The van der Waals surface area contributed by atoms with Crippen LogP contribution >= 0.6 is 0 Å². The smallest absolute Gasteiger partial charge is 0.238 e. The fourth-order valence-corrected chi connectivity index (χ4v) is 17.2. The molecular weight excluding hydrogens is 935 g/mol. The predicted molar refractivity (Wildman–Crippen MR) is 321 cm³/mol. The molecule has 4 fully saturated rings. The van der Waals surface area contributed by atoms with Gasteiger partial charge in [-0.1, -0.05) is 175 Å². The molecule has 0 amide bonds. The van der Waals surface area contributed by atoms with Gasteiger partial charge in [0.1, 0.15) is 0 Å². The van der Waals surface area contributed by atoms with Crippen molar-refractivity contribution in [2.75, 3.05) is 0 Å². The predicted octanol–water partition coefficient (Wildman–Crippen LogP) is 19.3. The molecule has 0 spiro atoms. The van der Waals surface area contributed by atoms with Gasteiger partial charge in [-0.2, -0.15) is 9.97 Å². The molecule has 77 heavy (non-hydrogen) atoms. The van der Waals surface area contributed by atoms with E-state index >= 15 is 0 Å². The maximum Gasteiger partial charge on any atom is 0.238 e. The topological polar surface area (TPSA) is 48.5 Å². The van der Waals surface area contributed by atoms with Gasteiger partial charge in [0.25, 0.3) is 0 Å². The Kier molecular flexibility index (Phi) is 12.1. The summed E-state index contributed by atoms with van der Waals surface area (Å²) in [6, 6.07) is 61.8. The summed E-state index contributed by atoms with van der Waals surface area (Å²) in [7, 11) is 0. The van der Waals surface area contributed by atoms with Crippen LogP contribution in [0, 0.1) is 52.3 Å². The summed E-state index contributed by atoms with van der Waals surface area (Å²) < 4.78 is 4.63. The van der Waals surface area contributed by atoms with E-state index in [9.17, 15) is 0 Å². The Morgan fingerprint density at radius 3 is 1.71 bits per heavy atom. The highest BCUT2D eigenvalue weighted by Gasteiger charge is 2.60. The molecule has 4 aliphatic rings. The van der Waals surface area contributed by atoms with Crippen molar-refractivity contribution in [3.05, 3.63) is 175 Å². The van der Waals surface area contributed by atoms with E-state index in [4.69, 9.17) is 15.0 Å². The highest BCUT2D eigenvalue weighted by molar-refractivity contribution is 6.12. The molecule has 5 heteroatoms. The summed E-state index contributed by atoms with van der Waals surface area (Å²) in [5.74, 6) is 8.82. The lowest BCUT2D eigenvalue weighted by atomic mass is 9.43. The lowest BCUT2D eigenvalue weighted by Crippen LogP contribution is -2.53. The van der Waals surface area contributed by atoms with Crippen LogP contribution in [0.2, 0.25) is 0 Å². The van der Waals surface area contributed by atoms with Crippen LogP contribution in [0.15, 0.2) is 170 Å². The minimum Gasteiger partial charge on any atom is -0.309 e. The molecule has 0 saturated heterocycles. The van der Waals surface area contributed by atoms with E-state index in [1.165, 1.54) is 132 Å². The van der Waals surface area contributed by atoms with Crippen molar-refractivity contribution >= 4 is 43.6 Å². The summed E-state index contributed by atoms with van der Waals surface area (Å²) in [4.78, 5) is 15.9. The van der Waals surface area contributed by atoms with Gasteiger partial charge in [0.2, 0.25) is 5.95 Å². The van der Waals surface area contributed by atoms with E-state index in [-0.39, 0.29) is 0 Å². The standard InChI is InChI=1S/C72H75N5/c1-46(2)17-16-18-47(3)61-35-36-62-58-34-33-54-43-53(39-41-71(54,4)63(58)40-42-72(61,62)5)48-27-29-50(30-28-48)69-73-68(49-19-8-6-9-20-49)74-70(75-69)77-65-26-15-13-24-57(65)60-45-52(32-38-67(60)77)51-31-37-66-59(44-51)56-23-12-14-25-64(56)76(66)55-21-10-7-11-22-55/h6-15,19-32,37-38,44-47,53-54,58,61-63H,16-18,33-36,39-43H2,1-5H3/t47-,53?,54+,58+,61-,62+,63+,71+,72-/m1/s1. The summed E-state index contributed by atoms with van der Waals surface area (Å²) in [6.45, 7) is 12.9. The van der Waals surface area contributed by atoms with Crippen LogP contribution in [0.1, 0.15) is 123 Å². The zero-order valence-corrected chi connectivity index (χ0v) is 46.0. The molecule has 0 radical (unpaired) electrons. The van der Waals surface area contributed by atoms with Crippen LogP contribution in [-0.4, -0.2) is 24.1 Å². The zero-order valence-electron chi connectivity index (χ0n) is 46.0. The fourth-order valence-electron chi connectivity index (χ4n) is 17.2. The Morgan fingerprint density at radius 1 is 0.481 bits per heavy atom. The molecular formula is C72H75N5. The first-order chi connectivity index (χ1) is 37.6. The monoisotopic (exact) mass is 1010 g/mol. The fraction of sp³-hybridized carbons (Fsp3) is 0.375. The number of fused-ring (bicyclic) bond motifs is 11. The number of hydrogen-bond donors (Lipinski definition) is 0. The maximum atomic E-state index is 5.39. The van der Waals surface area contributed by atoms with Crippen LogP contribution in [-0.2, 0) is 0 Å². The summed E-state index contributed by atoms with van der Waals surface area (Å²) in [5, 5.41) is 4.83. The van der Waals surface area contributed by atoms with E-state index in [2.05, 4.69) is 214 Å². The summed E-state index contributed by atoms with van der Waals surface area (Å²) in [5.41, 5.74) is 12.6. The van der Waals surface area contributed by atoms with Crippen LogP contribution in [0.4, 0.5) is 0 Å². The third kappa shape index (κ3) is 8.19. The van der Waals surface area contributed by atoms with Crippen molar-refractivity contribution in [3.8, 4) is 45.5 Å². The van der Waals surface area contributed by atoms with Gasteiger partial charge in [0, 0.05) is 38.4 Å². The number of benzene rings is 7. The Labute approximate surface area is 456 Å². The molecule has 3 heterocycles. The maximum absolute atomic E-state index is 5.39. The van der Waals surface area contributed by atoms with Crippen molar-refractivity contribution in [2.24, 2.45) is 52.3 Å². The second-order valence-electron chi connectivity index (χ2n) is 25.4. The third-order valence-electron chi connectivity index (χ3n) is 21.1. The molecule has 0 N–H and O–H groups in total. The van der Waals surface area contributed by atoms with Gasteiger partial charge in [-0.15, -0.1) is 0 Å². The molecule has 7 aromatic carbocycles. The molecule has 9 atom stereocenters. The second-order valence-corrected chi connectivity index (χ2v) is 25.4. The van der Waals surface area contributed by atoms with Gasteiger partial charge in [-0.05, 0) is 181 Å². The molecule has 5 nitrogen and oxygen atoms in total. The Balaban J connectivity index is 0.755. The van der Waals surface area contributed by atoms with Crippen LogP contribution in [0.25, 0.3) is 89.2 Å². The first kappa shape index (κ1) is 48.5. The van der Waals surface area contributed by atoms with Gasteiger partial charge >= 0.3 is 0 Å². The number of rotatable bonds is 11. The largest absolute Gasteiger partial charge is 0.309 e. The highest BCUT2D eigenvalue weighted by Crippen LogP contribution is 2.69. The molecule has 0 bridgehead atoms. The summed E-state index contributed by atoms with van der Waals surface area (Å²) in [6.07, 6.45) is 17.0. The van der Waals surface area contributed by atoms with Crippen molar-refractivity contribution in [1.82, 2.24) is 24.1 Å². The number of aromatic nitrogens is 5. The first-order valence-electron chi connectivity index (χ1n) is 29.7. The Bertz CT molecular complexity index is 3790. The van der Waals surface area contributed by atoms with E-state index in [1.807, 2.05) is 0 Å². The second kappa shape index (κ2) is 19.3. The van der Waals surface area contributed by atoms with Crippen molar-refractivity contribution in [2.45, 2.75) is 118 Å². The van der Waals surface area contributed by atoms with Crippen molar-refractivity contribution < 1.29 is 0 Å². The molecule has 10 aromatic rings. The normalized spacial score (nSPS) is 25.6. The van der Waals surface area contributed by atoms with Crippen molar-refractivity contribution in [1.29, 1.82) is 0 Å². The van der Waals surface area contributed by atoms with E-state index in [1.54, 1.807) is 0 Å². The third-order valence-corrected chi connectivity index (χ3v) is 21.1. The Hall–Kier alpha value is -6.85. The number of hydrogen-bond acceptors (Lipinski definition) is 3. The van der Waals surface area contributed by atoms with Gasteiger partial charge < -0.3 is 4.57 Å². The van der Waals surface area contributed by atoms with Gasteiger partial charge in [-0.25, -0.2) is 4.98 Å². The highest BCUT2D eigenvalue weighted by atomic mass is 15.2. The van der Waals surface area contributed by atoms with Crippen LogP contribution in [0.5, 0.6) is 0 Å². The molecule has 4 saturated carbocycles. The van der Waals surface area contributed by atoms with Crippen LogP contribution < -0.4 is 0 Å². The molecule has 388 valence electrons. The average molecular weight is 1010 g/mol. The van der Waals surface area contributed by atoms with E-state index in [0.717, 1.165) is 63.6 Å². The van der Waals surface area contributed by atoms with Crippen LogP contribution in [0.3, 0.4) is 0 Å². The zero-order chi connectivity index (χ0) is 52.0. The SMILES string of the molecule is CC(C)CCC[C@@H](C)[C@H]1CC[C@H]2[C@@H]3CC[C@H]4CC(c5ccc(-c6nc(-c7ccccc7)nc(-n7c8ccccc8c8cc(-c9ccc%10c(c9)c9ccccc9n%10-c9ccccc9)ccc87)n6)cc5)CC[C@]4(C)[C@H]3CC[C@]12C. The molecule has 1 unspecified atom stereocenters. The quantitative estimate of drug-likeness (QED) is 0.130. The molecule has 4 aliphatic carbocycles. The van der Waals surface area contributed by atoms with Gasteiger partial charge in [0.15, 0.2) is 11.6 Å².